The maximum Gasteiger partial charge on any atom is 0.273 e. The van der Waals surface area contributed by atoms with Crippen molar-refractivity contribution in [3.63, 3.8) is 0 Å². The largest absolute Gasteiger partial charge is 0.493 e. The Kier molecular flexibility index (Phi) is 4.41. The van der Waals surface area contributed by atoms with E-state index < -0.39 is 10.5 Å². The zero-order chi connectivity index (χ0) is 14.6. The fourth-order valence-electron chi connectivity index (χ4n) is 2.14. The minimum absolute atomic E-state index is 0.0712. The number of nitro groups is 1. The zero-order valence-corrected chi connectivity index (χ0v) is 11.3. The molecule has 7 nitrogen and oxygen atoms in total. The first-order valence-corrected chi connectivity index (χ1v) is 6.42. The number of aliphatic hydroxyl groups is 1. The number of hydrogen-bond donors (Lipinski definition) is 2. The Balaban J connectivity index is 2.10. The van der Waals surface area contributed by atoms with Crippen LogP contribution >= 0.6 is 0 Å². The summed E-state index contributed by atoms with van der Waals surface area (Å²) in [6.07, 6.45) is 1.18. The molecule has 0 aromatic heterocycles. The topological polar surface area (TPSA) is 93.9 Å². The average molecular weight is 282 g/mol. The average Bonchev–Trinajstić information content (AvgIpc) is 2.45. The molecule has 0 saturated carbocycles. The van der Waals surface area contributed by atoms with Crippen molar-refractivity contribution in [2.75, 3.05) is 26.8 Å². The maximum absolute atomic E-state index is 10.8. The van der Waals surface area contributed by atoms with Crippen LogP contribution in [0.15, 0.2) is 18.2 Å². The summed E-state index contributed by atoms with van der Waals surface area (Å²) in [5.41, 5.74) is -0.973. The number of benzene rings is 1. The minimum atomic E-state index is -0.902. The number of nitro benzene ring substituents is 1. The third-order valence-electron chi connectivity index (χ3n) is 3.39. The van der Waals surface area contributed by atoms with Gasteiger partial charge in [0.05, 0.1) is 18.1 Å². The summed E-state index contributed by atoms with van der Waals surface area (Å²) in [5, 5.41) is 24.3. The molecule has 7 heteroatoms. The summed E-state index contributed by atoms with van der Waals surface area (Å²) < 4.78 is 10.7. The van der Waals surface area contributed by atoms with Gasteiger partial charge in [0.2, 0.25) is 0 Å². The zero-order valence-electron chi connectivity index (χ0n) is 11.3. The highest BCUT2D eigenvalue weighted by atomic mass is 16.6. The van der Waals surface area contributed by atoms with Crippen LogP contribution < -0.4 is 14.8 Å². The van der Waals surface area contributed by atoms with Gasteiger partial charge in [-0.2, -0.15) is 0 Å². The van der Waals surface area contributed by atoms with Gasteiger partial charge in [-0.1, -0.05) is 0 Å². The Bertz CT molecular complexity index is 486. The number of methoxy groups -OCH3 is 1. The fourth-order valence-corrected chi connectivity index (χ4v) is 2.14. The summed E-state index contributed by atoms with van der Waals surface area (Å²) >= 11 is 0. The van der Waals surface area contributed by atoms with Gasteiger partial charge in [-0.25, -0.2) is 0 Å². The third kappa shape index (κ3) is 3.37. The van der Waals surface area contributed by atoms with Crippen LogP contribution in [0.3, 0.4) is 0 Å². The lowest BCUT2D eigenvalue weighted by atomic mass is 9.93. The predicted octanol–water partition coefficient (Wildman–Crippen LogP) is 1.10. The lowest BCUT2D eigenvalue weighted by Crippen LogP contribution is -2.46. The van der Waals surface area contributed by atoms with Crippen LogP contribution in [0.25, 0.3) is 0 Å². The molecule has 0 unspecified atom stereocenters. The molecule has 0 bridgehead atoms. The molecule has 0 radical (unpaired) electrons. The summed E-state index contributed by atoms with van der Waals surface area (Å²) in [6, 6.07) is 4.15. The van der Waals surface area contributed by atoms with Crippen LogP contribution in [-0.2, 0) is 0 Å². The molecule has 1 aromatic carbocycles. The Hall–Kier alpha value is -1.86. The van der Waals surface area contributed by atoms with E-state index in [4.69, 9.17) is 9.47 Å². The second-order valence-electron chi connectivity index (χ2n) is 4.86. The van der Waals surface area contributed by atoms with Gasteiger partial charge in [0.25, 0.3) is 5.69 Å². The molecule has 1 heterocycles. The number of nitrogens with zero attached hydrogens (tertiary/aromatic N) is 1. The second-order valence-corrected chi connectivity index (χ2v) is 4.86. The normalized spacial score (nSPS) is 17.5. The molecule has 2 rings (SSSR count). The van der Waals surface area contributed by atoms with Gasteiger partial charge in [-0.05, 0) is 32.0 Å². The van der Waals surface area contributed by atoms with E-state index in [2.05, 4.69) is 5.32 Å². The molecule has 0 aliphatic carbocycles. The number of non-ortho nitro benzene ring substituents is 1. The van der Waals surface area contributed by atoms with Gasteiger partial charge in [-0.3, -0.25) is 10.1 Å². The van der Waals surface area contributed by atoms with Crippen LogP contribution in [0.4, 0.5) is 5.69 Å². The van der Waals surface area contributed by atoms with Gasteiger partial charge in [0.1, 0.15) is 12.2 Å². The Labute approximate surface area is 116 Å². The molecule has 2 N–H and O–H groups in total. The van der Waals surface area contributed by atoms with E-state index in [9.17, 15) is 15.2 Å². The van der Waals surface area contributed by atoms with E-state index in [0.29, 0.717) is 18.6 Å². The number of hydrogen-bond acceptors (Lipinski definition) is 6. The van der Waals surface area contributed by atoms with Crippen LogP contribution in [0.5, 0.6) is 11.5 Å². The SMILES string of the molecule is COc1ccc([N+](=O)[O-])cc1OCC1(O)CCNCC1. The molecule has 110 valence electrons. The van der Waals surface area contributed by atoms with Crippen LogP contribution in [0, 0.1) is 10.1 Å². The molecule has 1 saturated heterocycles. The van der Waals surface area contributed by atoms with Gasteiger partial charge in [-0.15, -0.1) is 0 Å². The summed E-state index contributed by atoms with van der Waals surface area (Å²) in [6.45, 7) is 1.55. The predicted molar refractivity (Wildman–Crippen MR) is 72.2 cm³/mol. The van der Waals surface area contributed by atoms with Crippen molar-refractivity contribution in [3.8, 4) is 11.5 Å². The maximum atomic E-state index is 10.8. The monoisotopic (exact) mass is 282 g/mol. The minimum Gasteiger partial charge on any atom is -0.493 e. The Morgan fingerprint density at radius 3 is 2.70 bits per heavy atom. The first-order chi connectivity index (χ1) is 9.54. The smallest absolute Gasteiger partial charge is 0.273 e. The van der Waals surface area contributed by atoms with E-state index in [1.807, 2.05) is 0 Å². The molecule has 20 heavy (non-hydrogen) atoms. The van der Waals surface area contributed by atoms with Crippen LogP contribution in [0.1, 0.15) is 12.8 Å². The summed E-state index contributed by atoms with van der Waals surface area (Å²) in [7, 11) is 1.47. The molecule has 1 aromatic rings. The van der Waals surface area contributed by atoms with E-state index in [1.54, 1.807) is 0 Å². The molecule has 1 aliphatic rings. The van der Waals surface area contributed by atoms with E-state index in [-0.39, 0.29) is 18.0 Å². The van der Waals surface area contributed by atoms with Crippen LogP contribution in [0.2, 0.25) is 0 Å². The van der Waals surface area contributed by atoms with Crippen molar-refractivity contribution in [1.82, 2.24) is 5.32 Å². The van der Waals surface area contributed by atoms with E-state index in [0.717, 1.165) is 13.1 Å². The summed E-state index contributed by atoms with van der Waals surface area (Å²) in [5.74, 6) is 0.682. The van der Waals surface area contributed by atoms with Gasteiger partial charge in [0.15, 0.2) is 11.5 Å². The van der Waals surface area contributed by atoms with Crippen molar-refractivity contribution in [2.45, 2.75) is 18.4 Å². The van der Waals surface area contributed by atoms with Gasteiger partial charge in [0, 0.05) is 6.07 Å². The first kappa shape index (κ1) is 14.5. The number of nitrogens with one attached hydrogen (secondary N) is 1. The Morgan fingerprint density at radius 2 is 2.10 bits per heavy atom. The molecule has 1 aliphatic heterocycles. The molecule has 1 fully saturated rings. The highest BCUT2D eigenvalue weighted by Gasteiger charge is 2.30. The lowest BCUT2D eigenvalue weighted by molar-refractivity contribution is -0.385. The first-order valence-electron chi connectivity index (χ1n) is 6.42. The van der Waals surface area contributed by atoms with E-state index in [1.165, 1.54) is 25.3 Å². The van der Waals surface area contributed by atoms with Gasteiger partial charge >= 0.3 is 0 Å². The number of ether oxygens (including phenoxy) is 2. The fraction of sp³-hybridized carbons (Fsp3) is 0.538. The standard InChI is InChI=1S/C13H18N2O5/c1-19-11-3-2-10(15(17)18)8-12(11)20-9-13(16)4-6-14-7-5-13/h2-3,8,14,16H,4-7,9H2,1H3. The van der Waals surface area contributed by atoms with Crippen molar-refractivity contribution in [2.24, 2.45) is 0 Å². The van der Waals surface area contributed by atoms with Crippen LogP contribution in [-0.4, -0.2) is 42.4 Å². The van der Waals surface area contributed by atoms with Gasteiger partial charge < -0.3 is 19.9 Å². The van der Waals surface area contributed by atoms with Crippen molar-refractivity contribution in [3.05, 3.63) is 28.3 Å². The molecule has 0 atom stereocenters. The van der Waals surface area contributed by atoms with E-state index >= 15 is 0 Å². The van der Waals surface area contributed by atoms with Crippen molar-refractivity contribution >= 4 is 5.69 Å². The quantitative estimate of drug-likeness (QED) is 0.620. The van der Waals surface area contributed by atoms with Crippen molar-refractivity contribution in [1.29, 1.82) is 0 Å². The molecule has 0 amide bonds. The second kappa shape index (κ2) is 6.06. The molecular formula is C13H18N2O5. The highest BCUT2D eigenvalue weighted by Crippen LogP contribution is 2.32. The molecule has 0 spiro atoms. The highest BCUT2D eigenvalue weighted by molar-refractivity contribution is 5.48. The van der Waals surface area contributed by atoms with Crippen molar-refractivity contribution < 1.29 is 19.5 Å². The Morgan fingerprint density at radius 1 is 1.40 bits per heavy atom. The lowest BCUT2D eigenvalue weighted by Gasteiger charge is -2.32. The summed E-state index contributed by atoms with van der Waals surface area (Å²) in [4.78, 5) is 10.3. The third-order valence-corrected chi connectivity index (χ3v) is 3.39. The molecular weight excluding hydrogens is 264 g/mol. The number of piperidine rings is 1. The number of rotatable bonds is 5.